The molecule has 0 spiro atoms. The molecular weight excluding hydrogens is 293 g/mol. The second kappa shape index (κ2) is 6.77. The summed E-state index contributed by atoms with van der Waals surface area (Å²) in [5, 5.41) is 2.93. The van der Waals surface area contributed by atoms with Crippen LogP contribution in [0.4, 0.5) is 15.9 Å². The van der Waals surface area contributed by atoms with Gasteiger partial charge in [0.25, 0.3) is 5.91 Å². The summed E-state index contributed by atoms with van der Waals surface area (Å²) in [5.74, 6) is -0.0722. The molecule has 1 fully saturated rings. The van der Waals surface area contributed by atoms with Crippen molar-refractivity contribution < 1.29 is 9.18 Å². The van der Waals surface area contributed by atoms with Crippen molar-refractivity contribution in [3.63, 3.8) is 0 Å². The third-order valence-corrected chi connectivity index (χ3v) is 4.36. The third-order valence-electron chi connectivity index (χ3n) is 4.36. The zero-order valence-electron chi connectivity index (χ0n) is 13.1. The van der Waals surface area contributed by atoms with E-state index in [0.717, 1.165) is 25.7 Å². The molecule has 0 unspecified atom stereocenters. The van der Waals surface area contributed by atoms with Gasteiger partial charge in [-0.05, 0) is 37.1 Å². The Labute approximate surface area is 135 Å². The number of halogens is 1. The Morgan fingerprint density at radius 1 is 1.22 bits per heavy atom. The van der Waals surface area contributed by atoms with E-state index < -0.39 is 0 Å². The first kappa shape index (κ1) is 15.5. The summed E-state index contributed by atoms with van der Waals surface area (Å²) in [7, 11) is 1.83. The number of anilines is 2. The number of carbonyl (C=O) groups excluding carboxylic acids is 1. The van der Waals surface area contributed by atoms with E-state index in [1.165, 1.54) is 6.07 Å². The Balaban J connectivity index is 1.85. The SMILES string of the molecule is CN(C(=O)c1cccnc1Nc1ccccc1F)C1CCCC1. The number of amides is 1. The Bertz CT molecular complexity index is 698. The van der Waals surface area contributed by atoms with Gasteiger partial charge in [0.1, 0.15) is 11.6 Å². The number of nitrogens with one attached hydrogen (secondary N) is 1. The molecule has 5 heteroatoms. The number of pyridine rings is 1. The number of hydrogen-bond donors (Lipinski definition) is 1. The smallest absolute Gasteiger partial charge is 0.257 e. The van der Waals surface area contributed by atoms with Gasteiger partial charge in [0.15, 0.2) is 0 Å². The van der Waals surface area contributed by atoms with Crippen LogP contribution in [0.1, 0.15) is 36.0 Å². The lowest BCUT2D eigenvalue weighted by Crippen LogP contribution is -2.35. The van der Waals surface area contributed by atoms with Gasteiger partial charge in [-0.3, -0.25) is 4.79 Å². The predicted octanol–water partition coefficient (Wildman–Crippen LogP) is 3.98. The molecule has 1 N–H and O–H groups in total. The van der Waals surface area contributed by atoms with Gasteiger partial charge in [-0.1, -0.05) is 25.0 Å². The molecule has 1 aliphatic carbocycles. The molecule has 0 saturated heterocycles. The van der Waals surface area contributed by atoms with Crippen molar-refractivity contribution in [2.45, 2.75) is 31.7 Å². The van der Waals surface area contributed by atoms with E-state index in [-0.39, 0.29) is 17.8 Å². The fraction of sp³-hybridized carbons (Fsp3) is 0.333. The number of para-hydroxylation sites is 1. The monoisotopic (exact) mass is 313 g/mol. The highest BCUT2D eigenvalue weighted by molar-refractivity contribution is 5.99. The van der Waals surface area contributed by atoms with Gasteiger partial charge in [0, 0.05) is 19.3 Å². The first-order chi connectivity index (χ1) is 11.2. The van der Waals surface area contributed by atoms with E-state index in [1.807, 2.05) is 7.05 Å². The number of benzene rings is 1. The number of hydrogen-bond acceptors (Lipinski definition) is 3. The van der Waals surface area contributed by atoms with Crippen LogP contribution in [0.3, 0.4) is 0 Å². The maximum Gasteiger partial charge on any atom is 0.257 e. The number of carbonyl (C=O) groups is 1. The van der Waals surface area contributed by atoms with E-state index in [1.54, 1.807) is 41.4 Å². The predicted molar refractivity (Wildman–Crippen MR) is 88.3 cm³/mol. The molecule has 0 atom stereocenters. The van der Waals surface area contributed by atoms with Crippen LogP contribution >= 0.6 is 0 Å². The first-order valence-electron chi connectivity index (χ1n) is 7.90. The van der Waals surface area contributed by atoms with E-state index in [2.05, 4.69) is 10.3 Å². The van der Waals surface area contributed by atoms with Crippen LogP contribution in [0, 0.1) is 5.82 Å². The van der Waals surface area contributed by atoms with Crippen molar-refractivity contribution in [1.82, 2.24) is 9.88 Å². The van der Waals surface area contributed by atoms with Crippen LogP contribution in [0.25, 0.3) is 0 Å². The molecule has 0 aliphatic heterocycles. The van der Waals surface area contributed by atoms with Crippen LogP contribution in [0.15, 0.2) is 42.6 Å². The molecular formula is C18H20FN3O. The Kier molecular flexibility index (Phi) is 4.55. The van der Waals surface area contributed by atoms with Gasteiger partial charge >= 0.3 is 0 Å². The number of aromatic nitrogens is 1. The van der Waals surface area contributed by atoms with Gasteiger partial charge in [-0.2, -0.15) is 0 Å². The number of nitrogens with zero attached hydrogens (tertiary/aromatic N) is 2. The average molecular weight is 313 g/mol. The molecule has 1 aromatic carbocycles. The second-order valence-corrected chi connectivity index (χ2v) is 5.86. The van der Waals surface area contributed by atoms with Crippen LogP contribution < -0.4 is 5.32 Å². The van der Waals surface area contributed by atoms with Crippen molar-refractivity contribution in [3.8, 4) is 0 Å². The minimum atomic E-state index is -0.374. The van der Waals surface area contributed by atoms with Crippen LogP contribution in [-0.2, 0) is 0 Å². The minimum Gasteiger partial charge on any atom is -0.339 e. The van der Waals surface area contributed by atoms with Crippen molar-refractivity contribution in [2.24, 2.45) is 0 Å². The molecule has 0 radical (unpaired) electrons. The van der Waals surface area contributed by atoms with Gasteiger partial charge in [0.05, 0.1) is 11.3 Å². The molecule has 1 aromatic heterocycles. The van der Waals surface area contributed by atoms with E-state index in [4.69, 9.17) is 0 Å². The molecule has 4 nitrogen and oxygen atoms in total. The first-order valence-corrected chi connectivity index (χ1v) is 7.90. The highest BCUT2D eigenvalue weighted by Crippen LogP contribution is 2.26. The van der Waals surface area contributed by atoms with Crippen molar-refractivity contribution in [3.05, 3.63) is 54.0 Å². The van der Waals surface area contributed by atoms with Crippen LogP contribution in [0.5, 0.6) is 0 Å². The fourth-order valence-corrected chi connectivity index (χ4v) is 3.02. The van der Waals surface area contributed by atoms with Gasteiger partial charge in [-0.15, -0.1) is 0 Å². The topological polar surface area (TPSA) is 45.2 Å². The van der Waals surface area contributed by atoms with Crippen LogP contribution in [-0.4, -0.2) is 28.9 Å². The van der Waals surface area contributed by atoms with Gasteiger partial charge in [0.2, 0.25) is 0 Å². The Morgan fingerprint density at radius 2 is 1.96 bits per heavy atom. The standard InChI is InChI=1S/C18H20FN3O/c1-22(13-7-2-3-8-13)18(23)14-9-6-12-20-17(14)21-16-11-5-4-10-15(16)19/h4-6,9-13H,2-3,7-8H2,1H3,(H,20,21). The quantitative estimate of drug-likeness (QED) is 0.928. The maximum atomic E-state index is 13.8. The van der Waals surface area contributed by atoms with Crippen molar-refractivity contribution in [1.29, 1.82) is 0 Å². The van der Waals surface area contributed by atoms with Crippen molar-refractivity contribution in [2.75, 3.05) is 12.4 Å². The molecule has 1 aliphatic rings. The minimum absolute atomic E-state index is 0.0798. The summed E-state index contributed by atoms with van der Waals surface area (Å²) in [4.78, 5) is 18.8. The molecule has 120 valence electrons. The summed E-state index contributed by atoms with van der Waals surface area (Å²) in [6, 6.07) is 10.1. The molecule has 23 heavy (non-hydrogen) atoms. The third kappa shape index (κ3) is 3.33. The molecule has 0 bridgehead atoms. The molecule has 1 heterocycles. The summed E-state index contributed by atoms with van der Waals surface area (Å²) >= 11 is 0. The summed E-state index contributed by atoms with van der Waals surface area (Å²) < 4.78 is 13.8. The van der Waals surface area contributed by atoms with E-state index >= 15 is 0 Å². The largest absolute Gasteiger partial charge is 0.339 e. The summed E-state index contributed by atoms with van der Waals surface area (Å²) in [6.07, 6.45) is 6.00. The highest BCUT2D eigenvalue weighted by Gasteiger charge is 2.26. The van der Waals surface area contributed by atoms with Crippen LogP contribution in [0.2, 0.25) is 0 Å². The van der Waals surface area contributed by atoms with Crippen molar-refractivity contribution >= 4 is 17.4 Å². The summed E-state index contributed by atoms with van der Waals surface area (Å²) in [5.41, 5.74) is 0.772. The zero-order chi connectivity index (χ0) is 16.2. The number of rotatable bonds is 4. The van der Waals surface area contributed by atoms with E-state index in [0.29, 0.717) is 17.1 Å². The second-order valence-electron chi connectivity index (χ2n) is 5.86. The lowest BCUT2D eigenvalue weighted by molar-refractivity contribution is 0.0736. The zero-order valence-corrected chi connectivity index (χ0v) is 13.1. The molecule has 1 amide bonds. The molecule has 2 aromatic rings. The highest BCUT2D eigenvalue weighted by atomic mass is 19.1. The van der Waals surface area contributed by atoms with Gasteiger partial charge in [-0.25, -0.2) is 9.37 Å². The van der Waals surface area contributed by atoms with Gasteiger partial charge < -0.3 is 10.2 Å². The van der Waals surface area contributed by atoms with E-state index in [9.17, 15) is 9.18 Å². The lowest BCUT2D eigenvalue weighted by atomic mass is 10.1. The maximum absolute atomic E-state index is 13.8. The Morgan fingerprint density at radius 3 is 2.70 bits per heavy atom. The average Bonchev–Trinajstić information content (AvgIpc) is 3.11. The molecule has 1 saturated carbocycles. The normalized spacial score (nSPS) is 14.7. The lowest BCUT2D eigenvalue weighted by Gasteiger charge is -2.25. The fourth-order valence-electron chi connectivity index (χ4n) is 3.02. The molecule has 3 rings (SSSR count). The Hall–Kier alpha value is -2.43. The summed E-state index contributed by atoms with van der Waals surface area (Å²) in [6.45, 7) is 0.